The van der Waals surface area contributed by atoms with Crippen LogP contribution in [-0.2, 0) is 7.05 Å². The number of hydrogen-bond acceptors (Lipinski definition) is 4. The third-order valence-electron chi connectivity index (χ3n) is 2.85. The Hall–Kier alpha value is -1.69. The summed E-state index contributed by atoms with van der Waals surface area (Å²) < 4.78 is 1.73. The fourth-order valence-corrected chi connectivity index (χ4v) is 1.72. The smallest absolute Gasteiger partial charge is 0.171 e. The summed E-state index contributed by atoms with van der Waals surface area (Å²) in [6.07, 6.45) is 6.04. The Morgan fingerprint density at radius 2 is 2.38 bits per heavy atom. The molecule has 2 aromatic heterocycles. The van der Waals surface area contributed by atoms with Crippen molar-refractivity contribution in [3.63, 3.8) is 0 Å². The van der Waals surface area contributed by atoms with E-state index in [4.69, 9.17) is 5.73 Å². The van der Waals surface area contributed by atoms with Gasteiger partial charge in [0.2, 0.25) is 0 Å². The van der Waals surface area contributed by atoms with Gasteiger partial charge in [-0.2, -0.15) is 10.2 Å². The van der Waals surface area contributed by atoms with Crippen LogP contribution >= 0.6 is 0 Å². The quantitative estimate of drug-likeness (QED) is 0.783. The molecule has 16 heavy (non-hydrogen) atoms. The Morgan fingerprint density at radius 3 is 3.00 bits per heavy atom. The molecule has 84 valence electrons. The van der Waals surface area contributed by atoms with E-state index in [1.54, 1.807) is 10.9 Å². The van der Waals surface area contributed by atoms with E-state index in [9.17, 15) is 0 Å². The maximum Gasteiger partial charge on any atom is 0.171 e. The lowest BCUT2D eigenvalue weighted by molar-refractivity contribution is 0.759. The second-order valence-electron chi connectivity index (χ2n) is 4.28. The molecule has 0 saturated heterocycles. The molecule has 0 bridgehead atoms. The second-order valence-corrected chi connectivity index (χ2v) is 4.28. The van der Waals surface area contributed by atoms with Crippen molar-refractivity contribution in [2.45, 2.75) is 24.8 Å². The number of aryl methyl sites for hydroxylation is 1. The van der Waals surface area contributed by atoms with E-state index in [2.05, 4.69) is 20.3 Å². The van der Waals surface area contributed by atoms with E-state index < -0.39 is 0 Å². The molecule has 1 fully saturated rings. The van der Waals surface area contributed by atoms with Crippen LogP contribution in [0.4, 0.5) is 0 Å². The lowest BCUT2D eigenvalue weighted by atomic mass is 10.2. The minimum absolute atomic E-state index is 0.294. The summed E-state index contributed by atoms with van der Waals surface area (Å²) in [7, 11) is 1.86. The molecule has 2 aromatic rings. The van der Waals surface area contributed by atoms with Crippen LogP contribution in [0.3, 0.4) is 0 Å². The van der Waals surface area contributed by atoms with Gasteiger partial charge in [0, 0.05) is 24.7 Å². The molecule has 0 aliphatic heterocycles. The minimum atomic E-state index is -0.294. The molecular formula is C10H14N6. The highest BCUT2D eigenvalue weighted by atomic mass is 15.3. The van der Waals surface area contributed by atoms with Gasteiger partial charge >= 0.3 is 0 Å². The second kappa shape index (κ2) is 3.41. The molecule has 0 aromatic carbocycles. The van der Waals surface area contributed by atoms with Crippen molar-refractivity contribution in [3.8, 4) is 0 Å². The maximum atomic E-state index is 6.07. The number of rotatable bonds is 3. The van der Waals surface area contributed by atoms with Gasteiger partial charge in [-0.05, 0) is 12.8 Å². The number of hydrogen-bond donors (Lipinski definition) is 2. The van der Waals surface area contributed by atoms with Crippen molar-refractivity contribution in [2.75, 3.05) is 0 Å². The zero-order valence-corrected chi connectivity index (χ0v) is 9.09. The lowest BCUT2D eigenvalue weighted by Gasteiger charge is -2.02. The molecule has 1 aliphatic rings. The number of aromatic amines is 1. The third kappa shape index (κ3) is 1.61. The van der Waals surface area contributed by atoms with Crippen LogP contribution < -0.4 is 5.73 Å². The molecule has 1 unspecified atom stereocenters. The molecule has 2 heterocycles. The Kier molecular flexibility index (Phi) is 2.03. The molecule has 3 rings (SSSR count). The summed E-state index contributed by atoms with van der Waals surface area (Å²) in [5.74, 6) is 2.19. The maximum absolute atomic E-state index is 6.07. The summed E-state index contributed by atoms with van der Waals surface area (Å²) >= 11 is 0. The van der Waals surface area contributed by atoms with Gasteiger partial charge in [0.1, 0.15) is 5.82 Å². The molecule has 6 nitrogen and oxygen atoms in total. The molecule has 3 N–H and O–H groups in total. The van der Waals surface area contributed by atoms with Gasteiger partial charge in [-0.3, -0.25) is 9.78 Å². The van der Waals surface area contributed by atoms with Gasteiger partial charge in [-0.1, -0.05) is 0 Å². The Labute approximate surface area is 92.9 Å². The highest BCUT2D eigenvalue weighted by Crippen LogP contribution is 2.38. The van der Waals surface area contributed by atoms with Gasteiger partial charge in [-0.25, -0.2) is 4.98 Å². The van der Waals surface area contributed by atoms with E-state index in [0.29, 0.717) is 11.7 Å². The lowest BCUT2D eigenvalue weighted by Crippen LogP contribution is -2.13. The van der Waals surface area contributed by atoms with Gasteiger partial charge < -0.3 is 5.73 Å². The number of nitrogens with one attached hydrogen (secondary N) is 1. The molecule has 0 spiro atoms. The van der Waals surface area contributed by atoms with Crippen molar-refractivity contribution < 1.29 is 0 Å². The first-order chi connectivity index (χ1) is 7.74. The summed E-state index contributed by atoms with van der Waals surface area (Å²) in [5.41, 5.74) is 7.00. The van der Waals surface area contributed by atoms with Crippen LogP contribution in [0.15, 0.2) is 12.4 Å². The zero-order chi connectivity index (χ0) is 11.1. The summed E-state index contributed by atoms with van der Waals surface area (Å²) in [4.78, 5) is 4.43. The highest BCUT2D eigenvalue weighted by molar-refractivity contribution is 5.19. The Bertz CT molecular complexity index is 495. The summed E-state index contributed by atoms with van der Waals surface area (Å²) in [6, 6.07) is -0.294. The number of H-pyrrole nitrogens is 1. The number of nitrogens with zero attached hydrogens (tertiary/aromatic N) is 4. The predicted molar refractivity (Wildman–Crippen MR) is 57.6 cm³/mol. The molecule has 1 aliphatic carbocycles. The largest absolute Gasteiger partial charge is 0.317 e. The first-order valence-corrected chi connectivity index (χ1v) is 5.40. The standard InChI is InChI=1S/C10H14N6/c1-16-5-7(4-12-16)8(11)10-13-9(14-15-10)6-2-3-6/h4-6,8H,2-3,11H2,1H3,(H,13,14,15). The van der Waals surface area contributed by atoms with E-state index in [1.165, 1.54) is 12.8 Å². The van der Waals surface area contributed by atoms with Crippen molar-refractivity contribution >= 4 is 0 Å². The summed E-state index contributed by atoms with van der Waals surface area (Å²) in [5, 5.41) is 11.2. The van der Waals surface area contributed by atoms with E-state index in [1.807, 2.05) is 13.2 Å². The SMILES string of the molecule is Cn1cc(C(N)c2n[nH]c(C3CC3)n2)cn1. The summed E-state index contributed by atoms with van der Waals surface area (Å²) in [6.45, 7) is 0. The van der Waals surface area contributed by atoms with Crippen LogP contribution in [0.25, 0.3) is 0 Å². The molecule has 1 atom stereocenters. The van der Waals surface area contributed by atoms with E-state index in [-0.39, 0.29) is 6.04 Å². The normalized spacial score (nSPS) is 17.6. The Balaban J connectivity index is 1.84. The first-order valence-electron chi connectivity index (χ1n) is 5.40. The van der Waals surface area contributed by atoms with Crippen LogP contribution in [-0.4, -0.2) is 25.0 Å². The topological polar surface area (TPSA) is 85.4 Å². The minimum Gasteiger partial charge on any atom is -0.317 e. The average molecular weight is 218 g/mol. The molecule has 0 amide bonds. The van der Waals surface area contributed by atoms with Crippen molar-refractivity contribution in [1.29, 1.82) is 0 Å². The zero-order valence-electron chi connectivity index (χ0n) is 9.09. The fraction of sp³-hybridized carbons (Fsp3) is 0.500. The number of nitrogens with two attached hydrogens (primary N) is 1. The highest BCUT2D eigenvalue weighted by Gasteiger charge is 2.28. The van der Waals surface area contributed by atoms with Gasteiger partial charge in [-0.15, -0.1) is 0 Å². The van der Waals surface area contributed by atoms with Crippen molar-refractivity contribution in [2.24, 2.45) is 12.8 Å². The monoisotopic (exact) mass is 218 g/mol. The van der Waals surface area contributed by atoms with Crippen molar-refractivity contribution in [3.05, 3.63) is 29.6 Å². The number of aromatic nitrogens is 5. The fourth-order valence-electron chi connectivity index (χ4n) is 1.72. The van der Waals surface area contributed by atoms with Crippen LogP contribution in [0.2, 0.25) is 0 Å². The predicted octanol–water partition coefficient (Wildman–Crippen LogP) is 0.464. The third-order valence-corrected chi connectivity index (χ3v) is 2.85. The van der Waals surface area contributed by atoms with Crippen molar-refractivity contribution in [1.82, 2.24) is 25.0 Å². The molecular weight excluding hydrogens is 204 g/mol. The van der Waals surface area contributed by atoms with E-state index >= 15 is 0 Å². The van der Waals surface area contributed by atoms with Gasteiger partial charge in [0.25, 0.3) is 0 Å². The molecule has 0 radical (unpaired) electrons. The molecule has 6 heteroatoms. The van der Waals surface area contributed by atoms with Crippen LogP contribution in [0.1, 0.15) is 42.0 Å². The average Bonchev–Trinajstić information content (AvgIpc) is 2.86. The van der Waals surface area contributed by atoms with E-state index in [0.717, 1.165) is 11.4 Å². The van der Waals surface area contributed by atoms with Crippen LogP contribution in [0.5, 0.6) is 0 Å². The first kappa shape index (κ1) is 9.53. The Morgan fingerprint density at radius 1 is 1.56 bits per heavy atom. The van der Waals surface area contributed by atoms with Gasteiger partial charge in [0.05, 0.1) is 12.2 Å². The molecule has 1 saturated carbocycles. The van der Waals surface area contributed by atoms with Crippen LogP contribution in [0, 0.1) is 0 Å². The van der Waals surface area contributed by atoms with Gasteiger partial charge in [0.15, 0.2) is 5.82 Å².